The van der Waals surface area contributed by atoms with Gasteiger partial charge in [-0.15, -0.1) is 0 Å². The SMILES string of the molecule is CNN(C(=[Se])c1ccccc1)S(=O)(=O)CC(=O)NN(C)C(=[Se])c1ccccc1. The van der Waals surface area contributed by atoms with Crippen LogP contribution in [0.5, 0.6) is 0 Å². The summed E-state index contributed by atoms with van der Waals surface area (Å²) in [6, 6.07) is 18.4. The van der Waals surface area contributed by atoms with Crippen LogP contribution in [0.25, 0.3) is 0 Å². The number of amides is 1. The molecule has 0 radical (unpaired) electrons. The molecule has 0 aliphatic heterocycles. The number of nitrogens with zero attached hydrogens (tertiary/aromatic N) is 2. The van der Waals surface area contributed by atoms with Gasteiger partial charge >= 0.3 is 181 Å². The van der Waals surface area contributed by atoms with E-state index in [1.807, 2.05) is 36.4 Å². The molecule has 2 aromatic carbocycles. The van der Waals surface area contributed by atoms with Gasteiger partial charge in [-0.2, -0.15) is 0 Å². The predicted molar refractivity (Wildman–Crippen MR) is 113 cm³/mol. The maximum atomic E-state index is 12.7. The molecule has 0 spiro atoms. The summed E-state index contributed by atoms with van der Waals surface area (Å²) >= 11 is 5.64. The monoisotopic (exact) mass is 532 g/mol. The molecule has 10 heteroatoms. The van der Waals surface area contributed by atoms with Gasteiger partial charge in [-0.25, -0.2) is 0 Å². The van der Waals surface area contributed by atoms with Crippen LogP contribution in [0.15, 0.2) is 60.7 Å². The Morgan fingerprint density at radius 1 is 0.929 bits per heavy atom. The van der Waals surface area contributed by atoms with Crippen LogP contribution < -0.4 is 10.9 Å². The Bertz CT molecular complexity index is 953. The third kappa shape index (κ3) is 5.85. The zero-order valence-electron chi connectivity index (χ0n) is 15.3. The molecule has 148 valence electrons. The van der Waals surface area contributed by atoms with Crippen molar-refractivity contribution in [1.82, 2.24) is 20.3 Å². The summed E-state index contributed by atoms with van der Waals surface area (Å²) in [6.45, 7) is 0. The average molecular weight is 530 g/mol. The van der Waals surface area contributed by atoms with Crippen molar-refractivity contribution < 1.29 is 13.2 Å². The molecular formula is C18H20N4O3SSe2. The number of nitrogens with one attached hydrogen (secondary N) is 2. The molecule has 28 heavy (non-hydrogen) atoms. The van der Waals surface area contributed by atoms with Crippen molar-refractivity contribution in [2.24, 2.45) is 0 Å². The van der Waals surface area contributed by atoms with Crippen molar-refractivity contribution in [1.29, 1.82) is 0 Å². The third-order valence-electron chi connectivity index (χ3n) is 3.62. The van der Waals surface area contributed by atoms with Crippen LogP contribution in [-0.2, 0) is 14.8 Å². The van der Waals surface area contributed by atoms with Crippen LogP contribution in [0.2, 0.25) is 0 Å². The van der Waals surface area contributed by atoms with Gasteiger partial charge < -0.3 is 0 Å². The molecule has 0 bridgehead atoms. The van der Waals surface area contributed by atoms with E-state index in [-0.39, 0.29) is 0 Å². The van der Waals surface area contributed by atoms with Crippen molar-refractivity contribution in [2.45, 2.75) is 0 Å². The molecule has 0 saturated carbocycles. The van der Waals surface area contributed by atoms with Crippen LogP contribution in [0.4, 0.5) is 0 Å². The normalized spacial score (nSPS) is 10.8. The molecule has 1 amide bonds. The fraction of sp³-hybridized carbons (Fsp3) is 0.167. The van der Waals surface area contributed by atoms with Gasteiger partial charge in [0.25, 0.3) is 0 Å². The first-order valence-electron chi connectivity index (χ1n) is 8.18. The molecule has 0 aliphatic rings. The van der Waals surface area contributed by atoms with E-state index in [0.717, 1.165) is 9.98 Å². The second kappa shape index (κ2) is 10.1. The van der Waals surface area contributed by atoms with Crippen LogP contribution in [0.1, 0.15) is 11.1 Å². The van der Waals surface area contributed by atoms with E-state index < -0.39 is 21.7 Å². The Morgan fingerprint density at radius 3 is 1.86 bits per heavy atom. The number of benzene rings is 2. The Kier molecular flexibility index (Phi) is 8.12. The van der Waals surface area contributed by atoms with Crippen molar-refractivity contribution in [3.05, 3.63) is 71.8 Å². The molecule has 7 nitrogen and oxygen atoms in total. The summed E-state index contributed by atoms with van der Waals surface area (Å²) < 4.78 is 27.4. The van der Waals surface area contributed by atoms with Gasteiger partial charge in [0.05, 0.1) is 0 Å². The number of rotatable bonds is 9. The summed E-state index contributed by atoms with van der Waals surface area (Å²) in [4.78, 5) is 12.4. The second-order valence-corrected chi connectivity index (χ2v) is 9.12. The standard InChI is InChI=1S/C18H20N4O3SSe2/c1-19-22(18(28)15-11-7-4-8-12-15)26(24,25)13-16(23)20-21(2)17(27)14-9-5-3-6-10-14/h3-12,19H,13H2,1-2H3,(H,20,23). The average Bonchev–Trinajstić information content (AvgIpc) is 2.68. The second-order valence-electron chi connectivity index (χ2n) is 5.68. The van der Waals surface area contributed by atoms with Crippen molar-refractivity contribution >= 4 is 56.2 Å². The summed E-state index contributed by atoms with van der Waals surface area (Å²) in [6.07, 6.45) is 0. The van der Waals surface area contributed by atoms with Gasteiger partial charge in [-0.05, 0) is 0 Å². The van der Waals surface area contributed by atoms with E-state index in [9.17, 15) is 13.2 Å². The molecular weight excluding hydrogens is 510 g/mol. The molecule has 0 fully saturated rings. The summed E-state index contributed by atoms with van der Waals surface area (Å²) in [7, 11) is -0.850. The number of carbonyl (C=O) groups is 1. The Labute approximate surface area is 180 Å². The number of hydrogen-bond donors (Lipinski definition) is 2. The molecule has 0 saturated heterocycles. The van der Waals surface area contributed by atoms with E-state index in [4.69, 9.17) is 0 Å². The van der Waals surface area contributed by atoms with E-state index in [0.29, 0.717) is 14.6 Å². The summed E-state index contributed by atoms with van der Waals surface area (Å²) in [5.74, 6) is -1.38. The molecule has 0 atom stereocenters. The topological polar surface area (TPSA) is 81.8 Å². The minimum absolute atomic E-state index is 0.351. The van der Waals surface area contributed by atoms with E-state index in [1.165, 1.54) is 12.1 Å². The van der Waals surface area contributed by atoms with Crippen molar-refractivity contribution in [3.8, 4) is 0 Å². The molecule has 2 N–H and O–H groups in total. The minimum atomic E-state index is -3.96. The number of carbonyl (C=O) groups excluding carboxylic acids is 1. The first-order valence-corrected chi connectivity index (χ1v) is 11.5. The Hall–Kier alpha value is -1.80. The first-order chi connectivity index (χ1) is 13.3. The van der Waals surface area contributed by atoms with Gasteiger partial charge in [-0.1, -0.05) is 0 Å². The van der Waals surface area contributed by atoms with Crippen LogP contribution in [0.3, 0.4) is 0 Å². The van der Waals surface area contributed by atoms with Gasteiger partial charge in [0, 0.05) is 0 Å². The van der Waals surface area contributed by atoms with Gasteiger partial charge in [0.15, 0.2) is 0 Å². The molecule has 2 rings (SSSR count). The van der Waals surface area contributed by atoms with Crippen LogP contribution in [-0.4, -0.2) is 83.8 Å². The van der Waals surface area contributed by atoms with Crippen molar-refractivity contribution in [2.75, 3.05) is 19.8 Å². The first kappa shape index (κ1) is 22.5. The fourth-order valence-electron chi connectivity index (χ4n) is 2.34. The quantitative estimate of drug-likeness (QED) is 0.335. The summed E-state index contributed by atoms with van der Waals surface area (Å²) in [5, 5.41) is 1.46. The van der Waals surface area contributed by atoms with Crippen molar-refractivity contribution in [3.63, 3.8) is 0 Å². The molecule has 0 heterocycles. The van der Waals surface area contributed by atoms with Gasteiger partial charge in [-0.3, -0.25) is 0 Å². The van der Waals surface area contributed by atoms with E-state index >= 15 is 0 Å². The number of hydrogen-bond acceptors (Lipinski definition) is 5. The zero-order chi connectivity index (χ0) is 20.7. The Morgan fingerprint density at radius 2 is 1.39 bits per heavy atom. The number of hydrazine groups is 2. The number of sulfonamides is 1. The fourth-order valence-corrected chi connectivity index (χ4v) is 5.07. The van der Waals surface area contributed by atoms with Crippen LogP contribution >= 0.6 is 0 Å². The third-order valence-corrected chi connectivity index (χ3v) is 7.37. The molecule has 0 aliphatic carbocycles. The molecule has 2 aromatic rings. The molecule has 0 aromatic heterocycles. The maximum absolute atomic E-state index is 12.7. The Balaban J connectivity index is 2.06. The van der Waals surface area contributed by atoms with E-state index in [2.05, 4.69) is 42.0 Å². The summed E-state index contributed by atoms with van der Waals surface area (Å²) in [5.41, 5.74) is 6.73. The van der Waals surface area contributed by atoms with Gasteiger partial charge in [0.1, 0.15) is 0 Å². The van der Waals surface area contributed by atoms with E-state index in [1.54, 1.807) is 31.3 Å². The zero-order valence-corrected chi connectivity index (χ0v) is 19.6. The predicted octanol–water partition coefficient (Wildman–Crippen LogP) is -0.591. The molecule has 0 unspecified atom stereocenters. The van der Waals surface area contributed by atoms with Crippen LogP contribution in [0, 0.1) is 0 Å². The van der Waals surface area contributed by atoms with Gasteiger partial charge in [0.2, 0.25) is 0 Å².